The molecule has 1 aromatic heterocycles. The van der Waals surface area contributed by atoms with Crippen molar-refractivity contribution >= 4 is 23.3 Å². The number of nitrogens with zero attached hydrogens (tertiary/aromatic N) is 1. The number of likely N-dealkylation sites (tertiary alicyclic amines) is 1. The Morgan fingerprint density at radius 2 is 2.11 bits per heavy atom. The molecule has 0 aliphatic carbocycles. The van der Waals surface area contributed by atoms with Crippen molar-refractivity contribution in [2.75, 3.05) is 19.6 Å². The van der Waals surface area contributed by atoms with Crippen LogP contribution in [0.1, 0.15) is 47.4 Å². The minimum atomic E-state index is -0.0806. The van der Waals surface area contributed by atoms with Crippen LogP contribution in [0.3, 0.4) is 0 Å². The molecule has 0 bridgehead atoms. The van der Waals surface area contributed by atoms with Crippen molar-refractivity contribution in [3.63, 3.8) is 0 Å². The van der Waals surface area contributed by atoms with Crippen LogP contribution in [0.25, 0.3) is 6.08 Å². The Morgan fingerprint density at radius 1 is 1.36 bits per heavy atom. The van der Waals surface area contributed by atoms with Gasteiger partial charge in [0, 0.05) is 17.5 Å². The van der Waals surface area contributed by atoms with Crippen LogP contribution >= 0.6 is 11.3 Å². The highest BCUT2D eigenvalue weighted by Crippen LogP contribution is 2.28. The Kier molecular flexibility index (Phi) is 7.43. The van der Waals surface area contributed by atoms with Crippen LogP contribution in [0.5, 0.6) is 0 Å². The average molecular weight is 399 g/mol. The zero-order chi connectivity index (χ0) is 19.9. The predicted octanol–water partition coefficient (Wildman–Crippen LogP) is 4.15. The number of hydrogen-bond donors (Lipinski definition) is 2. The summed E-state index contributed by atoms with van der Waals surface area (Å²) in [5.74, 6) is 0.698. The van der Waals surface area contributed by atoms with Crippen LogP contribution in [0.4, 0.5) is 0 Å². The molecule has 1 unspecified atom stereocenters. The van der Waals surface area contributed by atoms with Crippen LogP contribution in [-0.4, -0.2) is 35.5 Å². The van der Waals surface area contributed by atoms with E-state index in [1.54, 1.807) is 6.08 Å². The van der Waals surface area contributed by atoms with Gasteiger partial charge in [-0.25, -0.2) is 0 Å². The van der Waals surface area contributed by atoms with Crippen LogP contribution in [-0.2, 0) is 11.4 Å². The third-order valence-electron chi connectivity index (χ3n) is 5.53. The Hall–Kier alpha value is -1.95. The maximum atomic E-state index is 12.4. The van der Waals surface area contributed by atoms with Gasteiger partial charge in [0.2, 0.25) is 5.91 Å². The van der Waals surface area contributed by atoms with E-state index < -0.39 is 0 Å². The van der Waals surface area contributed by atoms with Crippen molar-refractivity contribution in [3.05, 3.63) is 63.4 Å². The zero-order valence-corrected chi connectivity index (χ0v) is 17.5. The quantitative estimate of drug-likeness (QED) is 0.689. The molecule has 1 saturated heterocycles. The lowest BCUT2D eigenvalue weighted by Gasteiger charge is -2.37. The van der Waals surface area contributed by atoms with Crippen LogP contribution in [0.2, 0.25) is 0 Å². The standard InChI is InChI=1S/C23H30N2O2S/c1-17-9-11-25(12-10-17)22(21-6-4-3-5-18(21)2)14-24-23(27)8-7-20-13-19(15-26)16-28-20/h3-8,13,16-17,22,26H,9-12,14-15H2,1-2H3,(H,24,27)/b8-7+. The summed E-state index contributed by atoms with van der Waals surface area (Å²) in [7, 11) is 0. The second-order valence-electron chi connectivity index (χ2n) is 7.68. The van der Waals surface area contributed by atoms with E-state index in [1.807, 2.05) is 17.5 Å². The molecule has 2 aromatic rings. The molecule has 1 amide bonds. The molecule has 1 aliphatic rings. The molecule has 0 radical (unpaired) electrons. The number of nitrogens with one attached hydrogen (secondary N) is 1. The number of carbonyl (C=O) groups excluding carboxylic acids is 1. The number of benzene rings is 1. The highest BCUT2D eigenvalue weighted by molar-refractivity contribution is 7.11. The lowest BCUT2D eigenvalue weighted by Crippen LogP contribution is -2.42. The lowest BCUT2D eigenvalue weighted by atomic mass is 9.94. The Balaban J connectivity index is 1.65. The van der Waals surface area contributed by atoms with Gasteiger partial charge in [0.15, 0.2) is 0 Å². The number of thiophene rings is 1. The molecule has 150 valence electrons. The van der Waals surface area contributed by atoms with Crippen molar-refractivity contribution in [3.8, 4) is 0 Å². The molecule has 4 nitrogen and oxygen atoms in total. The molecular weight excluding hydrogens is 368 g/mol. The summed E-state index contributed by atoms with van der Waals surface area (Å²) >= 11 is 1.53. The number of aryl methyl sites for hydroxylation is 1. The van der Waals surface area contributed by atoms with Gasteiger partial charge in [0.05, 0.1) is 12.6 Å². The fourth-order valence-corrected chi connectivity index (χ4v) is 4.51. The van der Waals surface area contributed by atoms with Crippen molar-refractivity contribution in [1.82, 2.24) is 10.2 Å². The minimum Gasteiger partial charge on any atom is -0.392 e. The fraction of sp³-hybridized carbons (Fsp3) is 0.435. The van der Waals surface area contributed by atoms with Crippen molar-refractivity contribution in [2.45, 2.75) is 39.3 Å². The van der Waals surface area contributed by atoms with Gasteiger partial charge in [-0.2, -0.15) is 0 Å². The van der Waals surface area contributed by atoms with E-state index in [2.05, 4.69) is 48.3 Å². The number of aliphatic hydroxyl groups is 1. The number of carbonyl (C=O) groups is 1. The third-order valence-corrected chi connectivity index (χ3v) is 6.48. The molecule has 3 rings (SSSR count). The van der Waals surface area contributed by atoms with E-state index in [9.17, 15) is 4.79 Å². The normalized spacial score (nSPS) is 17.1. The van der Waals surface area contributed by atoms with Gasteiger partial charge in [-0.15, -0.1) is 11.3 Å². The van der Waals surface area contributed by atoms with Gasteiger partial charge in [0.25, 0.3) is 0 Å². The first-order chi connectivity index (χ1) is 13.6. The molecule has 1 aliphatic heterocycles. The molecule has 5 heteroatoms. The first-order valence-electron chi connectivity index (χ1n) is 10.0. The molecule has 2 N–H and O–H groups in total. The molecule has 2 heterocycles. The summed E-state index contributed by atoms with van der Waals surface area (Å²) in [6.07, 6.45) is 5.81. The maximum absolute atomic E-state index is 12.4. The number of hydrogen-bond acceptors (Lipinski definition) is 4. The Bertz CT molecular complexity index is 806. The van der Waals surface area contributed by atoms with Gasteiger partial charge in [-0.05, 0) is 73.0 Å². The number of piperidine rings is 1. The molecule has 28 heavy (non-hydrogen) atoms. The monoisotopic (exact) mass is 398 g/mol. The van der Waals surface area contributed by atoms with E-state index in [0.29, 0.717) is 6.54 Å². The van der Waals surface area contributed by atoms with E-state index in [-0.39, 0.29) is 18.6 Å². The zero-order valence-electron chi connectivity index (χ0n) is 16.7. The van der Waals surface area contributed by atoms with Gasteiger partial charge in [-0.3, -0.25) is 9.69 Å². The highest BCUT2D eigenvalue weighted by Gasteiger charge is 2.25. The molecule has 0 saturated carbocycles. The van der Waals surface area contributed by atoms with Crippen molar-refractivity contribution < 1.29 is 9.90 Å². The molecular formula is C23H30N2O2S. The smallest absolute Gasteiger partial charge is 0.244 e. The summed E-state index contributed by atoms with van der Waals surface area (Å²) in [6, 6.07) is 10.6. The van der Waals surface area contributed by atoms with E-state index >= 15 is 0 Å². The second-order valence-corrected chi connectivity index (χ2v) is 8.63. The second kappa shape index (κ2) is 10.0. The van der Waals surface area contributed by atoms with E-state index in [0.717, 1.165) is 29.4 Å². The molecule has 1 fully saturated rings. The van der Waals surface area contributed by atoms with Crippen LogP contribution in [0.15, 0.2) is 41.8 Å². The summed E-state index contributed by atoms with van der Waals surface area (Å²) in [6.45, 7) is 7.25. The van der Waals surface area contributed by atoms with Crippen molar-refractivity contribution in [2.24, 2.45) is 5.92 Å². The van der Waals surface area contributed by atoms with Crippen LogP contribution < -0.4 is 5.32 Å². The lowest BCUT2D eigenvalue weighted by molar-refractivity contribution is -0.116. The number of amides is 1. The van der Waals surface area contributed by atoms with Crippen molar-refractivity contribution in [1.29, 1.82) is 0 Å². The largest absolute Gasteiger partial charge is 0.392 e. The minimum absolute atomic E-state index is 0.0308. The Labute approximate surface area is 171 Å². The SMILES string of the molecule is Cc1ccccc1C(CNC(=O)/C=C/c1cc(CO)cs1)N1CCC(C)CC1. The highest BCUT2D eigenvalue weighted by atomic mass is 32.1. The fourth-order valence-electron chi connectivity index (χ4n) is 3.72. The first-order valence-corrected chi connectivity index (χ1v) is 10.9. The van der Waals surface area contributed by atoms with Gasteiger partial charge < -0.3 is 10.4 Å². The third kappa shape index (κ3) is 5.53. The van der Waals surface area contributed by atoms with E-state index in [1.165, 1.54) is 35.3 Å². The summed E-state index contributed by atoms with van der Waals surface area (Å²) < 4.78 is 0. The van der Waals surface area contributed by atoms with Gasteiger partial charge >= 0.3 is 0 Å². The predicted molar refractivity (Wildman–Crippen MR) is 116 cm³/mol. The van der Waals surface area contributed by atoms with Crippen LogP contribution in [0, 0.1) is 12.8 Å². The first kappa shape index (κ1) is 20.8. The van der Waals surface area contributed by atoms with Gasteiger partial charge in [0.1, 0.15) is 0 Å². The molecule has 1 aromatic carbocycles. The number of aliphatic hydroxyl groups excluding tert-OH is 1. The van der Waals surface area contributed by atoms with E-state index in [4.69, 9.17) is 5.11 Å². The summed E-state index contributed by atoms with van der Waals surface area (Å²) in [5, 5.41) is 14.1. The summed E-state index contributed by atoms with van der Waals surface area (Å²) in [4.78, 5) is 15.9. The molecule has 1 atom stereocenters. The average Bonchev–Trinajstić information content (AvgIpc) is 3.17. The Morgan fingerprint density at radius 3 is 2.79 bits per heavy atom. The molecule has 0 spiro atoms. The van der Waals surface area contributed by atoms with Gasteiger partial charge in [-0.1, -0.05) is 31.2 Å². The maximum Gasteiger partial charge on any atom is 0.244 e. The topological polar surface area (TPSA) is 52.6 Å². The number of rotatable bonds is 7. The summed E-state index contributed by atoms with van der Waals surface area (Å²) in [5.41, 5.74) is 3.45.